The molecule has 2 heterocycles. The summed E-state index contributed by atoms with van der Waals surface area (Å²) in [4.78, 5) is 13.2. The normalized spacial score (nSPS) is 21.8. The number of nitrogens with zero attached hydrogens (tertiary/aromatic N) is 1. The molecular formula is C23H26N2O5S. The molecule has 0 radical (unpaired) electrons. The fourth-order valence-corrected chi connectivity index (χ4v) is 5.92. The monoisotopic (exact) mass is 442 g/mol. The van der Waals surface area contributed by atoms with Crippen molar-refractivity contribution in [2.75, 3.05) is 11.1 Å². The average Bonchev–Trinajstić information content (AvgIpc) is 3.38. The van der Waals surface area contributed by atoms with Crippen molar-refractivity contribution in [1.82, 2.24) is 4.31 Å². The lowest BCUT2D eigenvalue weighted by Crippen LogP contribution is -2.51. The van der Waals surface area contributed by atoms with Crippen LogP contribution in [0.1, 0.15) is 43.7 Å². The van der Waals surface area contributed by atoms with Crippen LogP contribution in [0.2, 0.25) is 0 Å². The zero-order valence-corrected chi connectivity index (χ0v) is 18.3. The number of fused-ring (bicyclic) bond motifs is 2. The van der Waals surface area contributed by atoms with E-state index in [-0.39, 0.29) is 18.2 Å². The first-order valence-electron chi connectivity index (χ1n) is 10.8. The minimum atomic E-state index is -3.55. The van der Waals surface area contributed by atoms with Gasteiger partial charge in [-0.25, -0.2) is 8.42 Å². The number of rotatable bonds is 4. The molecule has 31 heavy (non-hydrogen) atoms. The zero-order valence-electron chi connectivity index (χ0n) is 17.5. The number of nitrogens with one attached hydrogen (secondary N) is 1. The standard InChI is InChI=1S/C23H26N2O5S/c1-2-31(27,28)25-15-17-8-4-3-7-16(17)13-19(25)22(26)24-18-9-10-20-21(14-18)30-23(29-20)11-5-6-12-23/h3-4,7-10,14,19H,2,5-6,11-13,15H2,1H3,(H,24,26)/t19-/m0/s1. The van der Waals surface area contributed by atoms with Crippen LogP contribution in [0.5, 0.6) is 11.5 Å². The molecular weight excluding hydrogens is 416 g/mol. The van der Waals surface area contributed by atoms with Crippen molar-refractivity contribution in [1.29, 1.82) is 0 Å². The second-order valence-corrected chi connectivity index (χ2v) is 10.6. The molecule has 0 aromatic heterocycles. The smallest absolute Gasteiger partial charge is 0.251 e. The maximum absolute atomic E-state index is 13.2. The van der Waals surface area contributed by atoms with Crippen molar-refractivity contribution in [2.45, 2.75) is 57.4 Å². The van der Waals surface area contributed by atoms with Crippen LogP contribution < -0.4 is 14.8 Å². The summed E-state index contributed by atoms with van der Waals surface area (Å²) in [7, 11) is -3.55. The Kier molecular flexibility index (Phi) is 4.94. The molecule has 2 aromatic carbocycles. The lowest BCUT2D eigenvalue weighted by atomic mass is 9.95. The molecule has 7 nitrogen and oxygen atoms in total. The van der Waals surface area contributed by atoms with Gasteiger partial charge < -0.3 is 14.8 Å². The van der Waals surface area contributed by atoms with Crippen LogP contribution in [0.4, 0.5) is 5.69 Å². The topological polar surface area (TPSA) is 84.9 Å². The van der Waals surface area contributed by atoms with E-state index in [0.29, 0.717) is 23.6 Å². The molecule has 0 saturated heterocycles. The van der Waals surface area contributed by atoms with E-state index < -0.39 is 21.9 Å². The van der Waals surface area contributed by atoms with Gasteiger partial charge in [-0.1, -0.05) is 24.3 Å². The first-order valence-corrected chi connectivity index (χ1v) is 12.4. The predicted octanol–water partition coefficient (Wildman–Crippen LogP) is 3.44. The fourth-order valence-electron chi connectivity index (χ4n) is 4.70. The average molecular weight is 443 g/mol. The third-order valence-electron chi connectivity index (χ3n) is 6.40. The van der Waals surface area contributed by atoms with Gasteiger partial charge in [0.25, 0.3) is 5.79 Å². The largest absolute Gasteiger partial charge is 0.448 e. The molecule has 2 aliphatic heterocycles. The van der Waals surface area contributed by atoms with Crippen molar-refractivity contribution in [3.63, 3.8) is 0 Å². The summed E-state index contributed by atoms with van der Waals surface area (Å²) in [5.41, 5.74) is 2.50. The summed E-state index contributed by atoms with van der Waals surface area (Å²) in [5, 5.41) is 2.90. The van der Waals surface area contributed by atoms with E-state index in [4.69, 9.17) is 9.47 Å². The summed E-state index contributed by atoms with van der Waals surface area (Å²) in [6, 6.07) is 12.2. The van der Waals surface area contributed by atoms with Gasteiger partial charge in [0.05, 0.1) is 5.75 Å². The van der Waals surface area contributed by atoms with Crippen molar-refractivity contribution in [3.05, 3.63) is 53.6 Å². The number of sulfonamides is 1. The Bertz CT molecular complexity index is 1120. The molecule has 0 bridgehead atoms. The van der Waals surface area contributed by atoms with Crippen molar-refractivity contribution < 1.29 is 22.7 Å². The van der Waals surface area contributed by atoms with Gasteiger partial charge in [-0.3, -0.25) is 4.79 Å². The Morgan fingerprint density at radius 1 is 1.10 bits per heavy atom. The first kappa shape index (κ1) is 20.3. The Hall–Kier alpha value is -2.58. The summed E-state index contributed by atoms with van der Waals surface area (Å²) in [6.45, 7) is 1.80. The predicted molar refractivity (Wildman–Crippen MR) is 116 cm³/mol. The minimum absolute atomic E-state index is 0.0505. The first-order chi connectivity index (χ1) is 14.9. The van der Waals surface area contributed by atoms with E-state index in [1.165, 1.54) is 4.31 Å². The quantitative estimate of drug-likeness (QED) is 0.784. The van der Waals surface area contributed by atoms with Crippen LogP contribution >= 0.6 is 0 Å². The Morgan fingerprint density at radius 3 is 2.55 bits per heavy atom. The molecule has 1 N–H and O–H groups in total. The second kappa shape index (κ2) is 7.53. The highest BCUT2D eigenvalue weighted by molar-refractivity contribution is 7.89. The SMILES string of the molecule is CCS(=O)(=O)N1Cc2ccccc2C[C@H]1C(=O)Nc1ccc2c(c1)OC1(CCCC1)O2. The molecule has 1 saturated carbocycles. The van der Waals surface area contributed by atoms with Crippen molar-refractivity contribution in [2.24, 2.45) is 0 Å². The summed E-state index contributed by atoms with van der Waals surface area (Å²) in [6.07, 6.45) is 4.20. The van der Waals surface area contributed by atoms with Crippen LogP contribution in [0.25, 0.3) is 0 Å². The Morgan fingerprint density at radius 2 is 1.81 bits per heavy atom. The minimum Gasteiger partial charge on any atom is -0.448 e. The molecule has 1 atom stereocenters. The Balaban J connectivity index is 1.38. The summed E-state index contributed by atoms with van der Waals surface area (Å²) >= 11 is 0. The highest BCUT2D eigenvalue weighted by atomic mass is 32.2. The van der Waals surface area contributed by atoms with Crippen LogP contribution in [0.15, 0.2) is 42.5 Å². The van der Waals surface area contributed by atoms with Crippen molar-refractivity contribution in [3.8, 4) is 11.5 Å². The number of anilines is 1. The van der Waals surface area contributed by atoms with Crippen LogP contribution in [-0.4, -0.2) is 36.2 Å². The molecule has 8 heteroatoms. The van der Waals surface area contributed by atoms with E-state index in [2.05, 4.69) is 5.32 Å². The third-order valence-corrected chi connectivity index (χ3v) is 8.23. The molecule has 2 aromatic rings. The summed E-state index contributed by atoms with van der Waals surface area (Å²) < 4.78 is 38.9. The van der Waals surface area contributed by atoms with E-state index in [9.17, 15) is 13.2 Å². The van der Waals surface area contributed by atoms with Crippen LogP contribution in [0.3, 0.4) is 0 Å². The number of benzene rings is 2. The molecule has 1 spiro atoms. The summed E-state index contributed by atoms with van der Waals surface area (Å²) in [5.74, 6) is 0.337. The molecule has 3 aliphatic rings. The lowest BCUT2D eigenvalue weighted by Gasteiger charge is -2.34. The number of ether oxygens (including phenoxy) is 2. The molecule has 0 unspecified atom stereocenters. The van der Waals surface area contributed by atoms with Gasteiger partial charge in [0.15, 0.2) is 11.5 Å². The van der Waals surface area contributed by atoms with Gasteiger partial charge >= 0.3 is 0 Å². The van der Waals surface area contributed by atoms with E-state index in [0.717, 1.165) is 36.8 Å². The molecule has 1 aliphatic carbocycles. The van der Waals surface area contributed by atoms with E-state index in [1.54, 1.807) is 25.1 Å². The fraction of sp³-hybridized carbons (Fsp3) is 0.435. The maximum Gasteiger partial charge on any atom is 0.251 e. The van der Waals surface area contributed by atoms with Crippen LogP contribution in [0, 0.1) is 0 Å². The van der Waals surface area contributed by atoms with E-state index in [1.807, 2.05) is 24.3 Å². The second-order valence-electron chi connectivity index (χ2n) is 8.41. The van der Waals surface area contributed by atoms with Gasteiger partial charge in [0.2, 0.25) is 15.9 Å². The number of carbonyl (C=O) groups is 1. The number of carbonyl (C=O) groups excluding carboxylic acids is 1. The van der Waals surface area contributed by atoms with Gasteiger partial charge in [-0.2, -0.15) is 4.31 Å². The Labute approximate surface area is 182 Å². The lowest BCUT2D eigenvalue weighted by molar-refractivity contribution is -0.120. The van der Waals surface area contributed by atoms with Gasteiger partial charge in [-0.15, -0.1) is 0 Å². The highest BCUT2D eigenvalue weighted by Gasteiger charge is 2.44. The maximum atomic E-state index is 13.2. The van der Waals surface area contributed by atoms with Gasteiger partial charge in [-0.05, 0) is 49.4 Å². The number of amides is 1. The van der Waals surface area contributed by atoms with Crippen LogP contribution in [-0.2, 0) is 27.8 Å². The zero-order chi connectivity index (χ0) is 21.6. The molecule has 1 amide bonds. The molecule has 5 rings (SSSR count). The van der Waals surface area contributed by atoms with E-state index >= 15 is 0 Å². The van der Waals surface area contributed by atoms with Gasteiger partial charge in [0, 0.05) is 31.1 Å². The third kappa shape index (κ3) is 3.68. The molecule has 1 fully saturated rings. The van der Waals surface area contributed by atoms with Crippen molar-refractivity contribution >= 4 is 21.6 Å². The number of hydrogen-bond acceptors (Lipinski definition) is 5. The molecule has 164 valence electrons. The van der Waals surface area contributed by atoms with Gasteiger partial charge in [0.1, 0.15) is 6.04 Å². The number of hydrogen-bond donors (Lipinski definition) is 1. The highest BCUT2D eigenvalue weighted by Crippen LogP contribution is 2.47.